The molecule has 1 nitrogen and oxygen atoms in total. The van der Waals surface area contributed by atoms with Gasteiger partial charge in [-0.25, -0.2) is 4.39 Å². The molecule has 1 N–H and O–H groups in total. The average molecular weight is 292 g/mol. The lowest BCUT2D eigenvalue weighted by Gasteiger charge is -2.17. The first-order valence-corrected chi connectivity index (χ1v) is 7.30. The molecule has 2 rings (SSSR count). The Morgan fingerprint density at radius 3 is 2.45 bits per heavy atom. The molecule has 0 radical (unpaired) electrons. The van der Waals surface area contributed by atoms with Crippen LogP contribution in [0.1, 0.15) is 30.5 Å². The highest BCUT2D eigenvalue weighted by Gasteiger charge is 2.08. The Hall–Kier alpha value is -1.38. The van der Waals surface area contributed by atoms with Gasteiger partial charge in [-0.05, 0) is 48.7 Å². The molecule has 0 fully saturated rings. The van der Waals surface area contributed by atoms with Crippen molar-refractivity contribution in [1.82, 2.24) is 5.32 Å². The molecule has 3 heteroatoms. The molecular weight excluding hydrogens is 273 g/mol. The third kappa shape index (κ3) is 4.06. The molecule has 2 aromatic rings. The highest BCUT2D eigenvalue weighted by atomic mass is 35.5. The number of halogens is 2. The largest absolute Gasteiger partial charge is 0.310 e. The van der Waals surface area contributed by atoms with Crippen LogP contribution in [0.3, 0.4) is 0 Å². The third-order valence-corrected chi connectivity index (χ3v) is 3.79. The Morgan fingerprint density at radius 1 is 1.10 bits per heavy atom. The van der Waals surface area contributed by atoms with Crippen LogP contribution in [0.15, 0.2) is 48.5 Å². The lowest BCUT2D eigenvalue weighted by Crippen LogP contribution is -2.23. The summed E-state index contributed by atoms with van der Waals surface area (Å²) in [6, 6.07) is 14.8. The molecule has 0 aromatic heterocycles. The second-order valence-electron chi connectivity index (χ2n) is 4.81. The number of nitrogens with one attached hydrogen (secondary N) is 1. The lowest BCUT2D eigenvalue weighted by atomic mass is 10.0. The zero-order chi connectivity index (χ0) is 14.4. The van der Waals surface area contributed by atoms with Gasteiger partial charge in [0.2, 0.25) is 0 Å². The first kappa shape index (κ1) is 15.0. The Bertz CT molecular complexity index is 539. The van der Waals surface area contributed by atoms with Gasteiger partial charge in [0.25, 0.3) is 0 Å². The van der Waals surface area contributed by atoms with E-state index in [0.29, 0.717) is 0 Å². The predicted octanol–water partition coefficient (Wildman–Crippen LogP) is 4.76. The van der Waals surface area contributed by atoms with Crippen LogP contribution in [0, 0.1) is 5.82 Å². The van der Waals surface area contributed by atoms with Crippen molar-refractivity contribution in [3.8, 4) is 0 Å². The van der Waals surface area contributed by atoms with Gasteiger partial charge in [0, 0.05) is 11.1 Å². The molecule has 20 heavy (non-hydrogen) atoms. The van der Waals surface area contributed by atoms with E-state index in [1.807, 2.05) is 36.4 Å². The summed E-state index contributed by atoms with van der Waals surface area (Å²) < 4.78 is 12.9. The first-order chi connectivity index (χ1) is 9.70. The second-order valence-corrected chi connectivity index (χ2v) is 5.22. The zero-order valence-electron chi connectivity index (χ0n) is 11.6. The van der Waals surface area contributed by atoms with Crippen LogP contribution in [0.4, 0.5) is 4.39 Å². The minimum Gasteiger partial charge on any atom is -0.310 e. The van der Waals surface area contributed by atoms with E-state index in [0.717, 1.165) is 35.5 Å². The van der Waals surface area contributed by atoms with Crippen LogP contribution >= 0.6 is 11.6 Å². The molecule has 0 spiro atoms. The number of benzene rings is 2. The summed E-state index contributed by atoms with van der Waals surface area (Å²) >= 11 is 6.14. The fourth-order valence-corrected chi connectivity index (χ4v) is 2.51. The Morgan fingerprint density at radius 2 is 1.80 bits per heavy atom. The standard InChI is InChI=1S/C17H19ClFN/c1-2-17(14-7-9-15(19)10-8-14)20-12-11-13-5-3-4-6-16(13)18/h3-10,17,20H,2,11-12H2,1H3/t17-/m1/s1. The second kappa shape index (κ2) is 7.41. The van der Waals surface area contributed by atoms with Gasteiger partial charge in [-0.1, -0.05) is 48.9 Å². The topological polar surface area (TPSA) is 12.0 Å². The predicted molar refractivity (Wildman–Crippen MR) is 82.6 cm³/mol. The summed E-state index contributed by atoms with van der Waals surface area (Å²) in [5.74, 6) is -0.195. The van der Waals surface area contributed by atoms with Crippen molar-refractivity contribution >= 4 is 11.6 Å². The summed E-state index contributed by atoms with van der Waals surface area (Å²) in [7, 11) is 0. The Kier molecular flexibility index (Phi) is 5.57. The molecule has 0 saturated heterocycles. The molecule has 0 amide bonds. The van der Waals surface area contributed by atoms with Crippen molar-refractivity contribution in [2.24, 2.45) is 0 Å². The van der Waals surface area contributed by atoms with E-state index in [1.165, 1.54) is 12.1 Å². The lowest BCUT2D eigenvalue weighted by molar-refractivity contribution is 0.521. The maximum atomic E-state index is 12.9. The monoisotopic (exact) mass is 291 g/mol. The average Bonchev–Trinajstić information content (AvgIpc) is 2.47. The van der Waals surface area contributed by atoms with Crippen LogP contribution < -0.4 is 5.32 Å². The van der Waals surface area contributed by atoms with Gasteiger partial charge in [-0.2, -0.15) is 0 Å². The molecule has 0 unspecified atom stereocenters. The third-order valence-electron chi connectivity index (χ3n) is 3.42. The summed E-state index contributed by atoms with van der Waals surface area (Å²) in [6.07, 6.45) is 1.85. The van der Waals surface area contributed by atoms with Crippen molar-refractivity contribution < 1.29 is 4.39 Å². The van der Waals surface area contributed by atoms with Crippen LogP contribution in [-0.4, -0.2) is 6.54 Å². The van der Waals surface area contributed by atoms with Crippen LogP contribution in [0.5, 0.6) is 0 Å². The summed E-state index contributed by atoms with van der Waals surface area (Å²) in [5, 5.41) is 4.31. The molecule has 0 aliphatic heterocycles. The SMILES string of the molecule is CC[C@@H](NCCc1ccccc1Cl)c1ccc(F)cc1. The molecule has 2 aromatic carbocycles. The molecule has 0 aliphatic rings. The van der Waals surface area contributed by atoms with Crippen molar-refractivity contribution in [3.63, 3.8) is 0 Å². The molecule has 1 atom stereocenters. The van der Waals surface area contributed by atoms with Gasteiger partial charge in [0.15, 0.2) is 0 Å². The summed E-state index contributed by atoms with van der Waals surface area (Å²) in [5.41, 5.74) is 2.27. The van der Waals surface area contributed by atoms with Gasteiger partial charge in [0.1, 0.15) is 5.82 Å². The summed E-state index contributed by atoms with van der Waals surface area (Å²) in [4.78, 5) is 0. The van der Waals surface area contributed by atoms with Gasteiger partial charge < -0.3 is 5.32 Å². The number of hydrogen-bond donors (Lipinski definition) is 1. The van der Waals surface area contributed by atoms with Crippen molar-refractivity contribution in [3.05, 3.63) is 70.5 Å². The summed E-state index contributed by atoms with van der Waals surface area (Å²) in [6.45, 7) is 2.97. The van der Waals surface area contributed by atoms with Gasteiger partial charge in [0.05, 0.1) is 0 Å². The minimum atomic E-state index is -0.195. The van der Waals surface area contributed by atoms with Crippen molar-refractivity contribution in [2.75, 3.05) is 6.54 Å². The fraction of sp³-hybridized carbons (Fsp3) is 0.294. The first-order valence-electron chi connectivity index (χ1n) is 6.93. The highest BCUT2D eigenvalue weighted by Crippen LogP contribution is 2.18. The van der Waals surface area contributed by atoms with E-state index < -0.39 is 0 Å². The molecule has 106 valence electrons. The Labute approximate surface area is 124 Å². The number of hydrogen-bond acceptors (Lipinski definition) is 1. The maximum Gasteiger partial charge on any atom is 0.123 e. The van der Waals surface area contributed by atoms with Gasteiger partial charge >= 0.3 is 0 Å². The van der Waals surface area contributed by atoms with E-state index in [-0.39, 0.29) is 11.9 Å². The quantitative estimate of drug-likeness (QED) is 0.809. The normalized spacial score (nSPS) is 12.3. The van der Waals surface area contributed by atoms with Crippen LogP contribution in [-0.2, 0) is 6.42 Å². The number of rotatable bonds is 6. The smallest absolute Gasteiger partial charge is 0.123 e. The Balaban J connectivity index is 1.91. The van der Waals surface area contributed by atoms with Crippen molar-refractivity contribution in [2.45, 2.75) is 25.8 Å². The maximum absolute atomic E-state index is 12.9. The van der Waals surface area contributed by atoms with Crippen LogP contribution in [0.25, 0.3) is 0 Å². The van der Waals surface area contributed by atoms with E-state index in [2.05, 4.69) is 12.2 Å². The molecule has 0 aliphatic carbocycles. The van der Waals surface area contributed by atoms with Gasteiger partial charge in [-0.3, -0.25) is 0 Å². The van der Waals surface area contributed by atoms with E-state index in [1.54, 1.807) is 0 Å². The highest BCUT2D eigenvalue weighted by molar-refractivity contribution is 6.31. The zero-order valence-corrected chi connectivity index (χ0v) is 12.3. The van der Waals surface area contributed by atoms with E-state index in [4.69, 9.17) is 11.6 Å². The van der Waals surface area contributed by atoms with Crippen LogP contribution in [0.2, 0.25) is 5.02 Å². The van der Waals surface area contributed by atoms with E-state index in [9.17, 15) is 4.39 Å². The minimum absolute atomic E-state index is 0.195. The molecule has 0 saturated carbocycles. The van der Waals surface area contributed by atoms with E-state index >= 15 is 0 Å². The fourth-order valence-electron chi connectivity index (χ4n) is 2.28. The van der Waals surface area contributed by atoms with Gasteiger partial charge in [-0.15, -0.1) is 0 Å². The molecular formula is C17H19ClFN. The van der Waals surface area contributed by atoms with Crippen molar-refractivity contribution in [1.29, 1.82) is 0 Å². The molecule has 0 heterocycles. The molecule has 0 bridgehead atoms.